The highest BCUT2D eigenvalue weighted by Crippen LogP contribution is 2.34. The van der Waals surface area contributed by atoms with Gasteiger partial charge in [0.2, 0.25) is 0 Å². The van der Waals surface area contributed by atoms with Crippen molar-refractivity contribution in [3.63, 3.8) is 0 Å². The standard InChI is InChI=1S/C16H12ClFN2/c1-10-15(11-5-3-2-4-6-11)16(20-19-10)13-8-7-12(17)9-14(13)18/h2-9H,1H3,(H,19,20). The zero-order valence-electron chi connectivity index (χ0n) is 10.8. The van der Waals surface area contributed by atoms with E-state index in [1.807, 2.05) is 37.3 Å². The molecule has 1 heterocycles. The molecule has 0 spiro atoms. The molecule has 100 valence electrons. The lowest BCUT2D eigenvalue weighted by atomic mass is 9.99. The molecule has 20 heavy (non-hydrogen) atoms. The smallest absolute Gasteiger partial charge is 0.134 e. The molecule has 1 N–H and O–H groups in total. The van der Waals surface area contributed by atoms with Crippen LogP contribution in [0.3, 0.4) is 0 Å². The van der Waals surface area contributed by atoms with E-state index in [1.54, 1.807) is 12.1 Å². The fraction of sp³-hybridized carbons (Fsp3) is 0.0625. The van der Waals surface area contributed by atoms with Gasteiger partial charge in [-0.2, -0.15) is 5.10 Å². The molecular weight excluding hydrogens is 275 g/mol. The highest BCUT2D eigenvalue weighted by molar-refractivity contribution is 6.30. The lowest BCUT2D eigenvalue weighted by Crippen LogP contribution is -1.88. The molecule has 2 aromatic carbocycles. The molecule has 0 amide bonds. The number of aryl methyl sites for hydroxylation is 1. The van der Waals surface area contributed by atoms with Gasteiger partial charge in [0.05, 0.1) is 0 Å². The number of hydrogen-bond acceptors (Lipinski definition) is 1. The van der Waals surface area contributed by atoms with Crippen LogP contribution in [0.5, 0.6) is 0 Å². The number of nitrogens with one attached hydrogen (secondary N) is 1. The lowest BCUT2D eigenvalue weighted by molar-refractivity contribution is 0.631. The second kappa shape index (κ2) is 5.10. The number of aromatic nitrogens is 2. The monoisotopic (exact) mass is 286 g/mol. The maximum Gasteiger partial charge on any atom is 0.134 e. The van der Waals surface area contributed by atoms with E-state index in [0.29, 0.717) is 16.3 Å². The third-order valence-electron chi connectivity index (χ3n) is 3.20. The van der Waals surface area contributed by atoms with Crippen molar-refractivity contribution in [2.24, 2.45) is 0 Å². The average Bonchev–Trinajstić information content (AvgIpc) is 2.81. The fourth-order valence-electron chi connectivity index (χ4n) is 2.26. The van der Waals surface area contributed by atoms with Gasteiger partial charge in [-0.1, -0.05) is 41.9 Å². The second-order valence-corrected chi connectivity index (χ2v) is 5.00. The first-order valence-corrected chi connectivity index (χ1v) is 6.60. The van der Waals surface area contributed by atoms with Gasteiger partial charge in [-0.05, 0) is 30.7 Å². The van der Waals surface area contributed by atoms with E-state index in [1.165, 1.54) is 6.07 Å². The van der Waals surface area contributed by atoms with Crippen molar-refractivity contribution in [2.75, 3.05) is 0 Å². The van der Waals surface area contributed by atoms with Crippen molar-refractivity contribution in [3.05, 3.63) is 65.1 Å². The van der Waals surface area contributed by atoms with Crippen molar-refractivity contribution in [1.29, 1.82) is 0 Å². The Morgan fingerprint density at radius 2 is 1.85 bits per heavy atom. The minimum atomic E-state index is -0.374. The molecule has 4 heteroatoms. The molecule has 0 fully saturated rings. The Hall–Kier alpha value is -2.13. The van der Waals surface area contributed by atoms with Gasteiger partial charge in [0.15, 0.2) is 0 Å². The van der Waals surface area contributed by atoms with Crippen LogP contribution in [-0.4, -0.2) is 10.2 Å². The molecule has 2 nitrogen and oxygen atoms in total. The van der Waals surface area contributed by atoms with Gasteiger partial charge in [0.25, 0.3) is 0 Å². The molecule has 0 saturated heterocycles. The summed E-state index contributed by atoms with van der Waals surface area (Å²) in [6.07, 6.45) is 0. The van der Waals surface area contributed by atoms with Gasteiger partial charge >= 0.3 is 0 Å². The van der Waals surface area contributed by atoms with Gasteiger partial charge < -0.3 is 0 Å². The summed E-state index contributed by atoms with van der Waals surface area (Å²) in [6.45, 7) is 1.92. The number of rotatable bonds is 2. The summed E-state index contributed by atoms with van der Waals surface area (Å²) < 4.78 is 14.1. The molecular formula is C16H12ClFN2. The Kier molecular flexibility index (Phi) is 3.28. The summed E-state index contributed by atoms with van der Waals surface area (Å²) in [5.41, 5.74) is 3.86. The Morgan fingerprint density at radius 3 is 2.55 bits per heavy atom. The van der Waals surface area contributed by atoms with E-state index in [-0.39, 0.29) is 5.82 Å². The van der Waals surface area contributed by atoms with E-state index >= 15 is 0 Å². The molecule has 3 rings (SSSR count). The molecule has 0 aliphatic rings. The summed E-state index contributed by atoms with van der Waals surface area (Å²) in [5, 5.41) is 7.55. The first kappa shape index (κ1) is 12.9. The van der Waals surface area contributed by atoms with Gasteiger partial charge in [-0.15, -0.1) is 0 Å². The fourth-order valence-corrected chi connectivity index (χ4v) is 2.42. The molecule has 0 saturated carbocycles. The molecule has 0 atom stereocenters. The van der Waals surface area contributed by atoms with Gasteiger partial charge in [-0.3, -0.25) is 5.10 Å². The Morgan fingerprint density at radius 1 is 1.10 bits per heavy atom. The Balaban J connectivity index is 2.21. The van der Waals surface area contributed by atoms with Crippen LogP contribution in [0.4, 0.5) is 4.39 Å². The number of hydrogen-bond donors (Lipinski definition) is 1. The molecule has 1 aromatic heterocycles. The van der Waals surface area contributed by atoms with Crippen molar-refractivity contribution >= 4 is 11.6 Å². The number of benzene rings is 2. The molecule has 3 aromatic rings. The molecule has 0 unspecified atom stereocenters. The largest absolute Gasteiger partial charge is 0.282 e. The predicted octanol–water partition coefficient (Wildman–Crippen LogP) is 4.84. The highest BCUT2D eigenvalue weighted by Gasteiger charge is 2.17. The van der Waals surface area contributed by atoms with Gasteiger partial charge in [0, 0.05) is 21.8 Å². The van der Waals surface area contributed by atoms with Crippen LogP contribution < -0.4 is 0 Å². The van der Waals surface area contributed by atoms with Crippen LogP contribution >= 0.6 is 11.6 Å². The molecule has 0 radical (unpaired) electrons. The minimum Gasteiger partial charge on any atom is -0.282 e. The predicted molar refractivity (Wildman–Crippen MR) is 79.2 cm³/mol. The molecule has 0 bridgehead atoms. The van der Waals surface area contributed by atoms with E-state index in [0.717, 1.165) is 16.8 Å². The van der Waals surface area contributed by atoms with Crippen molar-refractivity contribution in [3.8, 4) is 22.4 Å². The average molecular weight is 287 g/mol. The van der Waals surface area contributed by atoms with E-state index in [2.05, 4.69) is 10.2 Å². The third kappa shape index (κ3) is 2.21. The zero-order valence-corrected chi connectivity index (χ0v) is 11.6. The minimum absolute atomic E-state index is 0.374. The van der Waals surface area contributed by atoms with Crippen LogP contribution in [0.1, 0.15) is 5.69 Å². The molecule has 0 aliphatic carbocycles. The summed E-state index contributed by atoms with van der Waals surface area (Å²) in [7, 11) is 0. The van der Waals surface area contributed by atoms with Crippen molar-refractivity contribution < 1.29 is 4.39 Å². The quantitative estimate of drug-likeness (QED) is 0.717. The van der Waals surface area contributed by atoms with Crippen LogP contribution in [0.2, 0.25) is 5.02 Å². The van der Waals surface area contributed by atoms with E-state index in [4.69, 9.17) is 11.6 Å². The maximum absolute atomic E-state index is 14.1. The van der Waals surface area contributed by atoms with Crippen LogP contribution in [0.15, 0.2) is 48.5 Å². The Bertz CT molecular complexity index is 750. The summed E-state index contributed by atoms with van der Waals surface area (Å²) in [5.74, 6) is -0.374. The Labute approximate surface area is 121 Å². The summed E-state index contributed by atoms with van der Waals surface area (Å²) in [4.78, 5) is 0. The van der Waals surface area contributed by atoms with E-state index < -0.39 is 0 Å². The SMILES string of the molecule is Cc1[nH]nc(-c2ccc(Cl)cc2F)c1-c1ccccc1. The van der Waals surface area contributed by atoms with Gasteiger partial charge in [0.1, 0.15) is 11.5 Å². The number of H-pyrrole nitrogens is 1. The van der Waals surface area contributed by atoms with Gasteiger partial charge in [-0.25, -0.2) is 4.39 Å². The first-order valence-electron chi connectivity index (χ1n) is 6.22. The van der Waals surface area contributed by atoms with Crippen molar-refractivity contribution in [2.45, 2.75) is 6.92 Å². The van der Waals surface area contributed by atoms with Crippen LogP contribution in [-0.2, 0) is 0 Å². The highest BCUT2D eigenvalue weighted by atomic mass is 35.5. The topological polar surface area (TPSA) is 28.7 Å². The normalized spacial score (nSPS) is 10.8. The van der Waals surface area contributed by atoms with Crippen molar-refractivity contribution in [1.82, 2.24) is 10.2 Å². The number of nitrogens with zero attached hydrogens (tertiary/aromatic N) is 1. The molecule has 0 aliphatic heterocycles. The van der Waals surface area contributed by atoms with Crippen LogP contribution in [0, 0.1) is 12.7 Å². The van der Waals surface area contributed by atoms with Crippen LogP contribution in [0.25, 0.3) is 22.4 Å². The number of halogens is 2. The second-order valence-electron chi connectivity index (χ2n) is 4.56. The third-order valence-corrected chi connectivity index (χ3v) is 3.43. The first-order chi connectivity index (χ1) is 9.66. The van der Waals surface area contributed by atoms with E-state index in [9.17, 15) is 4.39 Å². The summed E-state index contributed by atoms with van der Waals surface area (Å²) in [6, 6.07) is 14.4. The zero-order chi connectivity index (χ0) is 14.1. The number of aromatic amines is 1. The summed E-state index contributed by atoms with van der Waals surface area (Å²) >= 11 is 5.80. The lowest BCUT2D eigenvalue weighted by Gasteiger charge is -2.06. The maximum atomic E-state index is 14.1.